The maximum atomic E-state index is 5.51. The van der Waals surface area contributed by atoms with Gasteiger partial charge in [0.05, 0.1) is 6.04 Å². The van der Waals surface area contributed by atoms with Crippen LogP contribution in [0.5, 0.6) is 0 Å². The average Bonchev–Trinajstić information content (AvgIpc) is 2.51. The molecular formula is C19H23BrN2S. The van der Waals surface area contributed by atoms with Crippen molar-refractivity contribution < 1.29 is 0 Å². The van der Waals surface area contributed by atoms with Crippen molar-refractivity contribution in [3.63, 3.8) is 0 Å². The van der Waals surface area contributed by atoms with E-state index in [0.717, 1.165) is 16.6 Å². The molecule has 0 bridgehead atoms. The molecular weight excluding hydrogens is 368 g/mol. The van der Waals surface area contributed by atoms with Crippen molar-refractivity contribution in [2.75, 3.05) is 5.32 Å². The minimum Gasteiger partial charge on any atom is -0.356 e. The van der Waals surface area contributed by atoms with Gasteiger partial charge in [0, 0.05) is 10.2 Å². The largest absolute Gasteiger partial charge is 0.356 e. The Morgan fingerprint density at radius 3 is 2.43 bits per heavy atom. The van der Waals surface area contributed by atoms with E-state index >= 15 is 0 Å². The zero-order chi connectivity index (χ0) is 16.8. The summed E-state index contributed by atoms with van der Waals surface area (Å²) in [5.74, 6) is 0.588. The number of halogens is 1. The third kappa shape index (κ3) is 5.63. The maximum Gasteiger partial charge on any atom is 0.171 e. The smallest absolute Gasteiger partial charge is 0.171 e. The Morgan fingerprint density at radius 1 is 1.13 bits per heavy atom. The van der Waals surface area contributed by atoms with E-state index in [9.17, 15) is 0 Å². The summed E-state index contributed by atoms with van der Waals surface area (Å²) in [6.07, 6.45) is 1.03. The predicted octanol–water partition coefficient (Wildman–Crippen LogP) is 5.83. The van der Waals surface area contributed by atoms with E-state index < -0.39 is 0 Å². The topological polar surface area (TPSA) is 24.1 Å². The van der Waals surface area contributed by atoms with Crippen LogP contribution in [0.2, 0.25) is 0 Å². The van der Waals surface area contributed by atoms with Crippen LogP contribution < -0.4 is 10.6 Å². The molecule has 0 saturated carbocycles. The van der Waals surface area contributed by atoms with Crippen LogP contribution in [0.4, 0.5) is 5.69 Å². The fourth-order valence-corrected chi connectivity index (χ4v) is 2.99. The Balaban J connectivity index is 2.06. The number of anilines is 1. The molecule has 0 fully saturated rings. The van der Waals surface area contributed by atoms with E-state index in [1.54, 1.807) is 0 Å². The molecule has 2 nitrogen and oxygen atoms in total. The number of benzene rings is 2. The van der Waals surface area contributed by atoms with Gasteiger partial charge >= 0.3 is 0 Å². The third-order valence-corrected chi connectivity index (χ3v) is 4.74. The number of thiocarbonyl (C=S) groups is 1. The van der Waals surface area contributed by atoms with Crippen LogP contribution in [0.3, 0.4) is 0 Å². The van der Waals surface area contributed by atoms with Crippen molar-refractivity contribution >= 4 is 38.9 Å². The molecule has 0 unspecified atom stereocenters. The summed E-state index contributed by atoms with van der Waals surface area (Å²) >= 11 is 9.02. The molecule has 0 aliphatic carbocycles. The van der Waals surface area contributed by atoms with Gasteiger partial charge in [0.15, 0.2) is 5.11 Å². The second kappa shape index (κ2) is 8.46. The molecule has 1 atom stereocenters. The second-order valence-electron chi connectivity index (χ2n) is 6.16. The van der Waals surface area contributed by atoms with Crippen molar-refractivity contribution in [2.24, 2.45) is 5.92 Å². The van der Waals surface area contributed by atoms with Gasteiger partial charge in [0.25, 0.3) is 0 Å². The van der Waals surface area contributed by atoms with Crippen LogP contribution in [-0.2, 0) is 0 Å². The first-order valence-electron chi connectivity index (χ1n) is 7.84. The number of aryl methyl sites for hydroxylation is 1. The molecule has 4 heteroatoms. The minimum absolute atomic E-state index is 0.216. The molecule has 23 heavy (non-hydrogen) atoms. The highest BCUT2D eigenvalue weighted by Gasteiger charge is 2.14. The van der Waals surface area contributed by atoms with Gasteiger partial charge in [-0.15, -0.1) is 0 Å². The van der Waals surface area contributed by atoms with Crippen molar-refractivity contribution in [1.29, 1.82) is 0 Å². The standard InChI is InChI=1S/C19H23BrN2S/c1-13(2)11-18(15-7-5-4-6-8-15)22-19(23)21-16-9-10-17(20)14(3)12-16/h4-10,12-13,18H,11H2,1-3H3,(H2,21,22,23)/t18-/m0/s1. The van der Waals surface area contributed by atoms with Gasteiger partial charge in [-0.05, 0) is 60.8 Å². The minimum atomic E-state index is 0.216. The number of rotatable bonds is 5. The normalized spacial score (nSPS) is 12.0. The van der Waals surface area contributed by atoms with Gasteiger partial charge in [0.1, 0.15) is 0 Å². The molecule has 0 radical (unpaired) electrons. The molecule has 2 rings (SSSR count). The molecule has 2 aromatic rings. The molecule has 0 amide bonds. The van der Waals surface area contributed by atoms with E-state index in [-0.39, 0.29) is 6.04 Å². The number of nitrogens with one attached hydrogen (secondary N) is 2. The number of hydrogen-bond acceptors (Lipinski definition) is 1. The second-order valence-corrected chi connectivity index (χ2v) is 7.42. The van der Waals surface area contributed by atoms with Gasteiger partial charge in [-0.2, -0.15) is 0 Å². The molecule has 2 N–H and O–H groups in total. The Bertz CT molecular complexity index is 656. The lowest BCUT2D eigenvalue weighted by atomic mass is 9.97. The summed E-state index contributed by atoms with van der Waals surface area (Å²) in [5.41, 5.74) is 3.44. The number of hydrogen-bond donors (Lipinski definition) is 2. The Morgan fingerprint density at radius 2 is 1.83 bits per heavy atom. The van der Waals surface area contributed by atoms with Crippen LogP contribution in [-0.4, -0.2) is 5.11 Å². The summed E-state index contributed by atoms with van der Waals surface area (Å²) < 4.78 is 1.10. The van der Waals surface area contributed by atoms with Crippen LogP contribution in [0.25, 0.3) is 0 Å². The molecule has 0 spiro atoms. The molecule has 0 heterocycles. The van der Waals surface area contributed by atoms with Crippen molar-refractivity contribution in [1.82, 2.24) is 5.32 Å². The van der Waals surface area contributed by atoms with Crippen LogP contribution in [0.15, 0.2) is 53.0 Å². The Kier molecular flexibility index (Phi) is 6.60. The summed E-state index contributed by atoms with van der Waals surface area (Å²) in [7, 11) is 0. The van der Waals surface area contributed by atoms with Crippen molar-refractivity contribution in [3.8, 4) is 0 Å². The van der Waals surface area contributed by atoms with Crippen LogP contribution in [0, 0.1) is 12.8 Å². The first kappa shape index (κ1) is 18.0. The quantitative estimate of drug-likeness (QED) is 0.627. The van der Waals surface area contributed by atoms with Gasteiger partial charge in [-0.25, -0.2) is 0 Å². The van der Waals surface area contributed by atoms with E-state index in [2.05, 4.69) is 77.7 Å². The molecule has 0 saturated heterocycles. The predicted molar refractivity (Wildman–Crippen MR) is 107 cm³/mol. The Hall–Kier alpha value is -1.39. The van der Waals surface area contributed by atoms with Crippen LogP contribution >= 0.6 is 28.1 Å². The first-order valence-corrected chi connectivity index (χ1v) is 9.04. The highest BCUT2D eigenvalue weighted by molar-refractivity contribution is 9.10. The van der Waals surface area contributed by atoms with Gasteiger partial charge < -0.3 is 10.6 Å². The van der Waals surface area contributed by atoms with Crippen LogP contribution in [0.1, 0.15) is 37.4 Å². The third-order valence-electron chi connectivity index (χ3n) is 3.63. The van der Waals surface area contributed by atoms with Gasteiger partial charge in [0.2, 0.25) is 0 Å². The molecule has 0 aromatic heterocycles. The molecule has 122 valence electrons. The summed E-state index contributed by atoms with van der Waals surface area (Å²) in [5, 5.41) is 7.39. The highest BCUT2D eigenvalue weighted by Crippen LogP contribution is 2.22. The van der Waals surface area contributed by atoms with E-state index in [1.165, 1.54) is 11.1 Å². The highest BCUT2D eigenvalue weighted by atomic mass is 79.9. The lowest BCUT2D eigenvalue weighted by molar-refractivity contribution is 0.481. The zero-order valence-electron chi connectivity index (χ0n) is 13.8. The van der Waals surface area contributed by atoms with Crippen molar-refractivity contribution in [3.05, 3.63) is 64.1 Å². The lowest BCUT2D eigenvalue weighted by Gasteiger charge is -2.23. The maximum absolute atomic E-state index is 5.51. The summed E-state index contributed by atoms with van der Waals surface area (Å²) in [6, 6.07) is 16.8. The fourth-order valence-electron chi connectivity index (χ4n) is 2.48. The lowest BCUT2D eigenvalue weighted by Crippen LogP contribution is -2.33. The fraction of sp³-hybridized carbons (Fsp3) is 0.316. The molecule has 0 aliphatic heterocycles. The van der Waals surface area contributed by atoms with Gasteiger partial charge in [-0.3, -0.25) is 0 Å². The van der Waals surface area contributed by atoms with Gasteiger partial charge in [-0.1, -0.05) is 60.1 Å². The summed E-state index contributed by atoms with van der Waals surface area (Å²) in [4.78, 5) is 0. The summed E-state index contributed by atoms with van der Waals surface area (Å²) in [6.45, 7) is 6.52. The SMILES string of the molecule is Cc1cc(NC(=S)N[C@@H](CC(C)C)c2ccccc2)ccc1Br. The first-order chi connectivity index (χ1) is 11.0. The zero-order valence-corrected chi connectivity index (χ0v) is 16.2. The molecule has 2 aromatic carbocycles. The molecule has 0 aliphatic rings. The monoisotopic (exact) mass is 390 g/mol. The van der Waals surface area contributed by atoms with Crippen molar-refractivity contribution in [2.45, 2.75) is 33.2 Å². The van der Waals surface area contributed by atoms with E-state index in [4.69, 9.17) is 12.2 Å². The van der Waals surface area contributed by atoms with E-state index in [0.29, 0.717) is 11.0 Å². The average molecular weight is 391 g/mol. The Labute approximate surface area is 152 Å². The van der Waals surface area contributed by atoms with E-state index in [1.807, 2.05) is 18.2 Å².